The van der Waals surface area contributed by atoms with E-state index >= 15 is 0 Å². The summed E-state index contributed by atoms with van der Waals surface area (Å²) < 4.78 is 44.1. The van der Waals surface area contributed by atoms with E-state index in [4.69, 9.17) is 4.74 Å². The lowest BCUT2D eigenvalue weighted by molar-refractivity contribution is 0.143. The highest BCUT2D eigenvalue weighted by Gasteiger charge is 2.33. The second kappa shape index (κ2) is 6.45. The van der Waals surface area contributed by atoms with Gasteiger partial charge < -0.3 is 4.74 Å². The number of nitrogens with zero attached hydrogens (tertiary/aromatic N) is 2. The van der Waals surface area contributed by atoms with Crippen molar-refractivity contribution in [3.05, 3.63) is 35.9 Å². The van der Waals surface area contributed by atoms with Crippen LogP contribution in [0.25, 0.3) is 11.1 Å². The summed E-state index contributed by atoms with van der Waals surface area (Å²) in [5.74, 6) is -0.493. The highest BCUT2D eigenvalue weighted by atomic mass is 32.2. The lowest BCUT2D eigenvalue weighted by atomic mass is 10.1. The van der Waals surface area contributed by atoms with Crippen LogP contribution >= 0.6 is 0 Å². The van der Waals surface area contributed by atoms with Gasteiger partial charge in [-0.25, -0.2) is 22.3 Å². The first-order valence-corrected chi connectivity index (χ1v) is 9.36. The molecule has 0 unspecified atom stereocenters. The van der Waals surface area contributed by atoms with Crippen molar-refractivity contribution in [3.8, 4) is 11.1 Å². The Balaban J connectivity index is 1.77. The Bertz CT molecular complexity index is 912. The van der Waals surface area contributed by atoms with Crippen LogP contribution in [0.5, 0.6) is 0 Å². The number of ether oxygens (including phenoxy) is 1. The monoisotopic (exact) mass is 368 g/mol. The van der Waals surface area contributed by atoms with Crippen LogP contribution in [0.3, 0.4) is 0 Å². The largest absolute Gasteiger partial charge is 0.443 e. The standard InChI is InChI=1S/C15H17FN4O4S/c1-9-13(7-17-19-9)12-4-3-10(5-14(12)16)20-8-11(24-15(20)21)6-18-25(2,22)23/h3-5,7,11,18H,6,8H2,1-2H3,(H,17,19)/t11-/m1/s1. The van der Waals surface area contributed by atoms with Gasteiger partial charge in [-0.1, -0.05) is 0 Å². The molecule has 3 rings (SSSR count). The van der Waals surface area contributed by atoms with Crippen LogP contribution in [-0.2, 0) is 14.8 Å². The van der Waals surface area contributed by atoms with Crippen LogP contribution in [0.2, 0.25) is 0 Å². The predicted octanol–water partition coefficient (Wildman–Crippen LogP) is 1.40. The first-order chi connectivity index (χ1) is 11.7. The molecule has 1 fully saturated rings. The third kappa shape index (κ3) is 3.80. The van der Waals surface area contributed by atoms with Crippen molar-refractivity contribution in [1.82, 2.24) is 14.9 Å². The van der Waals surface area contributed by atoms with Crippen molar-refractivity contribution in [3.63, 3.8) is 0 Å². The van der Waals surface area contributed by atoms with Crippen molar-refractivity contribution in [1.29, 1.82) is 0 Å². The molecule has 0 spiro atoms. The zero-order valence-electron chi connectivity index (χ0n) is 13.6. The second-order valence-electron chi connectivity index (χ2n) is 5.81. The molecule has 2 N–H and O–H groups in total. The van der Waals surface area contributed by atoms with Gasteiger partial charge in [0.05, 0.1) is 24.7 Å². The number of carbonyl (C=O) groups excluding carboxylic acids is 1. The lowest BCUT2D eigenvalue weighted by Gasteiger charge is -2.14. The van der Waals surface area contributed by atoms with Crippen LogP contribution in [0.15, 0.2) is 24.4 Å². The third-order valence-corrected chi connectivity index (χ3v) is 4.52. The number of H-pyrrole nitrogens is 1. The molecule has 1 aliphatic rings. The SMILES string of the molecule is Cc1[nH]ncc1-c1ccc(N2C[C@@H](CNS(C)(=O)=O)OC2=O)cc1F. The van der Waals surface area contributed by atoms with E-state index in [-0.39, 0.29) is 13.1 Å². The molecule has 1 atom stereocenters. The molecule has 1 aromatic heterocycles. The van der Waals surface area contributed by atoms with Crippen LogP contribution in [0, 0.1) is 12.7 Å². The van der Waals surface area contributed by atoms with E-state index in [0.29, 0.717) is 16.8 Å². The fraction of sp³-hybridized carbons (Fsp3) is 0.333. The Morgan fingerprint density at radius 2 is 2.20 bits per heavy atom. The number of anilines is 1. The minimum absolute atomic E-state index is 0.0319. The molecule has 8 nitrogen and oxygen atoms in total. The maximum atomic E-state index is 14.5. The number of halogens is 1. The van der Waals surface area contributed by atoms with Gasteiger partial charge in [-0.15, -0.1) is 0 Å². The van der Waals surface area contributed by atoms with Crippen molar-refractivity contribution in [2.24, 2.45) is 0 Å². The highest BCUT2D eigenvalue weighted by molar-refractivity contribution is 7.88. The van der Waals surface area contributed by atoms with Gasteiger partial charge >= 0.3 is 6.09 Å². The minimum atomic E-state index is -3.38. The van der Waals surface area contributed by atoms with Crippen LogP contribution in [0.4, 0.5) is 14.9 Å². The van der Waals surface area contributed by atoms with Crippen LogP contribution in [0.1, 0.15) is 5.69 Å². The summed E-state index contributed by atoms with van der Waals surface area (Å²) in [5, 5.41) is 6.61. The minimum Gasteiger partial charge on any atom is -0.443 e. The molecule has 1 aliphatic heterocycles. The normalized spacial score (nSPS) is 17.8. The smallest absolute Gasteiger partial charge is 0.414 e. The summed E-state index contributed by atoms with van der Waals surface area (Å²) in [7, 11) is -3.38. The number of aryl methyl sites for hydroxylation is 1. The predicted molar refractivity (Wildman–Crippen MR) is 89.2 cm³/mol. The molecule has 2 heterocycles. The van der Waals surface area contributed by atoms with Gasteiger partial charge in [-0.2, -0.15) is 5.10 Å². The molecule has 0 aliphatic carbocycles. The van der Waals surface area contributed by atoms with E-state index in [1.54, 1.807) is 19.1 Å². The number of sulfonamides is 1. The van der Waals surface area contributed by atoms with Gasteiger partial charge in [0, 0.05) is 23.4 Å². The van der Waals surface area contributed by atoms with Crippen molar-refractivity contribution in [2.45, 2.75) is 13.0 Å². The van der Waals surface area contributed by atoms with Gasteiger partial charge in [0.1, 0.15) is 11.9 Å². The van der Waals surface area contributed by atoms with Crippen LogP contribution in [-0.4, -0.2) is 50.2 Å². The average Bonchev–Trinajstić information content (AvgIpc) is 3.10. The zero-order chi connectivity index (χ0) is 18.2. The maximum absolute atomic E-state index is 14.5. The maximum Gasteiger partial charge on any atom is 0.414 e. The summed E-state index contributed by atoms with van der Waals surface area (Å²) in [6.07, 6.45) is 1.27. The average molecular weight is 368 g/mol. The van der Waals surface area contributed by atoms with Gasteiger partial charge in [0.15, 0.2) is 0 Å². The number of cyclic esters (lactones) is 1. The summed E-state index contributed by atoms with van der Waals surface area (Å²) in [4.78, 5) is 13.2. The van der Waals surface area contributed by atoms with Crippen molar-refractivity contribution < 1.29 is 22.3 Å². The Morgan fingerprint density at radius 3 is 2.80 bits per heavy atom. The number of hydrogen-bond donors (Lipinski definition) is 2. The molecule has 1 aromatic carbocycles. The highest BCUT2D eigenvalue weighted by Crippen LogP contribution is 2.29. The fourth-order valence-electron chi connectivity index (χ4n) is 2.60. The Kier molecular flexibility index (Phi) is 4.48. The van der Waals surface area contributed by atoms with Gasteiger partial charge in [-0.3, -0.25) is 10.00 Å². The Hall–Kier alpha value is -2.46. The zero-order valence-corrected chi connectivity index (χ0v) is 14.4. The molecular weight excluding hydrogens is 351 g/mol. The molecule has 1 amide bonds. The van der Waals surface area contributed by atoms with Gasteiger partial charge in [0.2, 0.25) is 10.0 Å². The van der Waals surface area contributed by atoms with E-state index in [0.717, 1.165) is 11.9 Å². The van der Waals surface area contributed by atoms with Crippen LogP contribution < -0.4 is 9.62 Å². The molecule has 0 saturated carbocycles. The number of rotatable bonds is 5. The molecule has 134 valence electrons. The molecule has 1 saturated heterocycles. The third-order valence-electron chi connectivity index (χ3n) is 3.83. The molecule has 0 bridgehead atoms. The lowest BCUT2D eigenvalue weighted by Crippen LogP contribution is -2.34. The summed E-state index contributed by atoms with van der Waals surface area (Å²) in [6, 6.07) is 4.42. The molecule has 10 heteroatoms. The Morgan fingerprint density at radius 1 is 1.44 bits per heavy atom. The summed E-state index contributed by atoms with van der Waals surface area (Å²) in [5.41, 5.74) is 2.09. The van der Waals surface area contributed by atoms with Crippen molar-refractivity contribution in [2.75, 3.05) is 24.2 Å². The second-order valence-corrected chi connectivity index (χ2v) is 7.64. The fourth-order valence-corrected chi connectivity index (χ4v) is 3.08. The number of amides is 1. The van der Waals surface area contributed by atoms with E-state index in [9.17, 15) is 17.6 Å². The van der Waals surface area contributed by atoms with Gasteiger partial charge in [-0.05, 0) is 25.1 Å². The molecule has 2 aromatic rings. The molecule has 25 heavy (non-hydrogen) atoms. The first-order valence-electron chi connectivity index (χ1n) is 7.47. The summed E-state index contributed by atoms with van der Waals surface area (Å²) >= 11 is 0. The first kappa shape index (κ1) is 17.4. The number of aromatic amines is 1. The topological polar surface area (TPSA) is 104 Å². The van der Waals surface area contributed by atoms with Gasteiger partial charge in [0.25, 0.3) is 0 Å². The van der Waals surface area contributed by atoms with E-state index in [1.807, 2.05) is 0 Å². The molecular formula is C15H17FN4O4S. The number of aromatic nitrogens is 2. The molecule has 0 radical (unpaired) electrons. The van der Waals surface area contributed by atoms with E-state index in [1.165, 1.54) is 17.2 Å². The number of benzene rings is 1. The van der Waals surface area contributed by atoms with Crippen molar-refractivity contribution >= 4 is 21.8 Å². The number of nitrogens with one attached hydrogen (secondary N) is 2. The van der Waals surface area contributed by atoms with E-state index in [2.05, 4.69) is 14.9 Å². The Labute approximate surface area is 144 Å². The summed E-state index contributed by atoms with van der Waals surface area (Å²) in [6.45, 7) is 1.88. The number of hydrogen-bond acceptors (Lipinski definition) is 5. The quantitative estimate of drug-likeness (QED) is 0.830. The van der Waals surface area contributed by atoms with E-state index < -0.39 is 28.0 Å². The number of carbonyl (C=O) groups is 1.